The van der Waals surface area contributed by atoms with Crippen molar-refractivity contribution >= 4 is 23.1 Å². The molecule has 4 heteroatoms. The van der Waals surface area contributed by atoms with Gasteiger partial charge in [0.2, 0.25) is 0 Å². The number of hydrogen-bond acceptors (Lipinski definition) is 2. The molecule has 0 amide bonds. The van der Waals surface area contributed by atoms with E-state index >= 15 is 0 Å². The molecule has 1 unspecified atom stereocenters. The quantitative estimate of drug-likeness (QED) is 0.571. The van der Waals surface area contributed by atoms with Crippen LogP contribution in [0.2, 0.25) is 5.02 Å². The van der Waals surface area contributed by atoms with Crippen molar-refractivity contribution in [3.63, 3.8) is 0 Å². The van der Waals surface area contributed by atoms with Gasteiger partial charge in [-0.2, -0.15) is 0 Å². The molecular weight excluding hydrogens is 394 g/mol. The monoisotopic (exact) mass is 426 g/mol. The van der Waals surface area contributed by atoms with Gasteiger partial charge >= 0.3 is 5.97 Å². The van der Waals surface area contributed by atoms with Crippen LogP contribution in [0.5, 0.6) is 0 Å². The Hall–Kier alpha value is -1.58. The van der Waals surface area contributed by atoms with Crippen LogP contribution in [-0.4, -0.2) is 31.7 Å². The normalized spacial score (nSPS) is 36.1. The van der Waals surface area contributed by atoms with E-state index in [4.69, 9.17) is 16.3 Å². The van der Waals surface area contributed by atoms with Gasteiger partial charge in [-0.15, -0.1) is 0 Å². The first kappa shape index (κ1) is 20.3. The third kappa shape index (κ3) is 3.65. The Bertz CT molecular complexity index is 902. The zero-order valence-electron chi connectivity index (χ0n) is 18.2. The predicted octanol–water partition coefficient (Wildman–Crippen LogP) is 4.47. The van der Waals surface area contributed by atoms with E-state index in [1.54, 1.807) is 11.1 Å². The van der Waals surface area contributed by atoms with Crippen LogP contribution in [0.1, 0.15) is 57.9 Å². The molecule has 2 aliphatic carbocycles. The van der Waals surface area contributed by atoms with E-state index < -0.39 is 0 Å². The molecule has 2 fully saturated rings. The summed E-state index contributed by atoms with van der Waals surface area (Å²) in [6.07, 6.45) is 9.40. The van der Waals surface area contributed by atoms with Crippen LogP contribution in [0.25, 0.3) is 5.57 Å². The number of hydrogen-bond donors (Lipinski definition) is 1. The number of allylic oxidation sites excluding steroid dienone is 2. The van der Waals surface area contributed by atoms with E-state index in [9.17, 15) is 4.79 Å². The second-order valence-corrected chi connectivity index (χ2v) is 10.7. The summed E-state index contributed by atoms with van der Waals surface area (Å²) in [4.78, 5) is 14.4. The highest BCUT2D eigenvalue weighted by molar-refractivity contribution is 6.30. The minimum absolute atomic E-state index is 0.0576. The third-order valence-electron chi connectivity index (χ3n) is 8.29. The lowest BCUT2D eigenvalue weighted by Gasteiger charge is -2.45. The maximum absolute atomic E-state index is 12.8. The number of benzene rings is 1. The van der Waals surface area contributed by atoms with Crippen LogP contribution in [0.3, 0.4) is 0 Å². The van der Waals surface area contributed by atoms with Crippen molar-refractivity contribution in [1.29, 1.82) is 0 Å². The first-order valence-corrected chi connectivity index (χ1v) is 12.0. The average Bonchev–Trinajstić information content (AvgIpc) is 3.01. The van der Waals surface area contributed by atoms with Gasteiger partial charge in [-0.05, 0) is 73.8 Å². The highest BCUT2D eigenvalue weighted by Gasteiger charge is 2.54. The van der Waals surface area contributed by atoms with E-state index in [2.05, 4.69) is 32.1 Å². The number of carbonyl (C=O) groups is 1. The first-order valence-electron chi connectivity index (χ1n) is 11.6. The molecule has 1 aromatic rings. The topological polar surface area (TPSA) is 30.7 Å². The van der Waals surface area contributed by atoms with Gasteiger partial charge in [-0.25, -0.2) is 0 Å². The minimum Gasteiger partial charge on any atom is -0.462 e. The smallest absolute Gasteiger partial charge is 0.315 e. The van der Waals surface area contributed by atoms with Crippen LogP contribution >= 0.6 is 11.6 Å². The summed E-state index contributed by atoms with van der Waals surface area (Å²) >= 11 is 6.03. The number of carbonyl (C=O) groups excluding carboxylic acids is 1. The zero-order valence-corrected chi connectivity index (χ0v) is 18.9. The van der Waals surface area contributed by atoms with E-state index in [1.807, 2.05) is 12.1 Å². The average molecular weight is 427 g/mol. The van der Waals surface area contributed by atoms with E-state index in [0.29, 0.717) is 5.92 Å². The van der Waals surface area contributed by atoms with Crippen LogP contribution in [-0.2, 0) is 9.53 Å². The molecule has 0 aromatic heterocycles. The van der Waals surface area contributed by atoms with Gasteiger partial charge in [0.1, 0.15) is 12.0 Å². The van der Waals surface area contributed by atoms with Gasteiger partial charge in [-0.1, -0.05) is 41.8 Å². The minimum atomic E-state index is 0.0576. The zero-order chi connectivity index (χ0) is 20.9. The number of ether oxygens (including phenoxy) is 1. The SMILES string of the molecule is CC1=C2C[C@@H]3[C@H](C[NH+]4CC=C(c5ccc(Cl)cc5)CC4)C(=O)O[C@@H]3C[C@@]2(C)CCC1. The van der Waals surface area contributed by atoms with Gasteiger partial charge in [0.25, 0.3) is 0 Å². The van der Waals surface area contributed by atoms with Crippen molar-refractivity contribution < 1.29 is 14.4 Å². The summed E-state index contributed by atoms with van der Waals surface area (Å²) in [5.41, 5.74) is 6.16. The molecular formula is C26H33ClNO2+. The van der Waals surface area contributed by atoms with Gasteiger partial charge < -0.3 is 9.64 Å². The van der Waals surface area contributed by atoms with Crippen molar-refractivity contribution in [1.82, 2.24) is 0 Å². The Morgan fingerprint density at radius 1 is 1.23 bits per heavy atom. The molecule has 0 bridgehead atoms. The Kier molecular flexibility index (Phi) is 5.31. The molecule has 160 valence electrons. The highest BCUT2D eigenvalue weighted by atomic mass is 35.5. The molecule has 3 nitrogen and oxygen atoms in total. The molecule has 5 atom stereocenters. The Balaban J connectivity index is 1.28. The molecule has 2 heterocycles. The molecule has 1 saturated carbocycles. The molecule has 1 N–H and O–H groups in total. The summed E-state index contributed by atoms with van der Waals surface area (Å²) in [6.45, 7) is 7.70. The van der Waals surface area contributed by atoms with Gasteiger partial charge in [0, 0.05) is 17.4 Å². The van der Waals surface area contributed by atoms with Crippen LogP contribution < -0.4 is 4.90 Å². The van der Waals surface area contributed by atoms with Crippen molar-refractivity contribution in [2.45, 2.75) is 58.5 Å². The summed E-state index contributed by atoms with van der Waals surface area (Å²) in [7, 11) is 0. The van der Waals surface area contributed by atoms with Crippen LogP contribution in [0, 0.1) is 17.3 Å². The van der Waals surface area contributed by atoms with Crippen molar-refractivity contribution in [2.24, 2.45) is 17.3 Å². The summed E-state index contributed by atoms with van der Waals surface area (Å²) in [6, 6.07) is 8.14. The number of fused-ring (bicyclic) bond motifs is 2. The Morgan fingerprint density at radius 3 is 2.77 bits per heavy atom. The van der Waals surface area contributed by atoms with Crippen molar-refractivity contribution in [3.05, 3.63) is 52.1 Å². The van der Waals surface area contributed by atoms with E-state index in [1.165, 1.54) is 35.3 Å². The second-order valence-electron chi connectivity index (χ2n) is 10.2. The van der Waals surface area contributed by atoms with E-state index in [-0.39, 0.29) is 23.4 Å². The van der Waals surface area contributed by atoms with Crippen LogP contribution in [0.15, 0.2) is 41.5 Å². The first-order chi connectivity index (χ1) is 14.4. The molecule has 1 aromatic carbocycles. The molecule has 0 radical (unpaired) electrons. The molecule has 5 rings (SSSR count). The standard InChI is InChI=1S/C26H32ClNO2/c1-17-4-3-11-26(2)15-24-21(14-23(17)26)22(25(29)30-24)16-28-12-9-19(10-13-28)18-5-7-20(27)8-6-18/h5-9,21-22,24H,3-4,10-16H2,1-2H3/p+1/t21-,22+,24-,26-/m1/s1. The molecule has 30 heavy (non-hydrogen) atoms. The number of halogens is 1. The molecule has 2 aliphatic heterocycles. The predicted molar refractivity (Wildman–Crippen MR) is 120 cm³/mol. The second kappa shape index (κ2) is 7.84. The lowest BCUT2D eigenvalue weighted by molar-refractivity contribution is -0.897. The number of quaternary nitrogens is 1. The molecule has 4 aliphatic rings. The highest BCUT2D eigenvalue weighted by Crippen LogP contribution is 2.54. The van der Waals surface area contributed by atoms with Gasteiger partial charge in [0.05, 0.1) is 19.6 Å². The summed E-state index contributed by atoms with van der Waals surface area (Å²) in [5, 5.41) is 0.781. The fourth-order valence-corrected chi connectivity index (χ4v) is 6.68. The number of nitrogens with one attached hydrogen (secondary N) is 1. The molecule has 0 spiro atoms. The largest absolute Gasteiger partial charge is 0.462 e. The van der Waals surface area contributed by atoms with Crippen molar-refractivity contribution in [3.8, 4) is 0 Å². The Morgan fingerprint density at radius 2 is 2.03 bits per heavy atom. The maximum atomic E-state index is 12.8. The molecule has 1 saturated heterocycles. The Labute approximate surface area is 185 Å². The van der Waals surface area contributed by atoms with Crippen molar-refractivity contribution in [2.75, 3.05) is 19.6 Å². The van der Waals surface area contributed by atoms with Gasteiger partial charge in [-0.3, -0.25) is 4.79 Å². The number of rotatable bonds is 3. The lowest BCUT2D eigenvalue weighted by Crippen LogP contribution is -3.13. The van der Waals surface area contributed by atoms with Gasteiger partial charge in [0.15, 0.2) is 0 Å². The maximum Gasteiger partial charge on any atom is 0.315 e. The third-order valence-corrected chi connectivity index (χ3v) is 8.54. The lowest BCUT2D eigenvalue weighted by atomic mass is 9.59. The number of esters is 1. The van der Waals surface area contributed by atoms with Crippen LogP contribution in [0.4, 0.5) is 0 Å². The van der Waals surface area contributed by atoms with E-state index in [0.717, 1.165) is 43.9 Å². The summed E-state index contributed by atoms with van der Waals surface area (Å²) < 4.78 is 5.97. The summed E-state index contributed by atoms with van der Waals surface area (Å²) in [5.74, 6) is 0.496. The fourth-order valence-electron chi connectivity index (χ4n) is 6.55. The fraction of sp³-hybridized carbons (Fsp3) is 0.577.